The fourth-order valence-corrected chi connectivity index (χ4v) is 1.98. The van der Waals surface area contributed by atoms with Crippen LogP contribution in [0.1, 0.15) is 17.5 Å². The van der Waals surface area contributed by atoms with Crippen molar-refractivity contribution in [3.8, 4) is 0 Å². The maximum Gasteiger partial charge on any atom is 0.243 e. The molecule has 1 N–H and O–H groups in total. The second-order valence-corrected chi connectivity index (χ2v) is 3.84. The molecule has 0 atom stereocenters. The van der Waals surface area contributed by atoms with Gasteiger partial charge in [0.05, 0.1) is 0 Å². The van der Waals surface area contributed by atoms with Crippen molar-refractivity contribution in [3.63, 3.8) is 0 Å². The number of rotatable bonds is 4. The van der Waals surface area contributed by atoms with Gasteiger partial charge in [0, 0.05) is 6.54 Å². The Labute approximate surface area is 95.7 Å². The van der Waals surface area contributed by atoms with Crippen molar-refractivity contribution >= 4 is 11.5 Å². The summed E-state index contributed by atoms with van der Waals surface area (Å²) in [4.78, 5) is 11.0. The summed E-state index contributed by atoms with van der Waals surface area (Å²) in [6, 6.07) is 8.42. The molecule has 0 saturated carbocycles. The number of nitrogens with one attached hydrogen (secondary N) is 1. The van der Waals surface area contributed by atoms with Crippen LogP contribution in [-0.2, 0) is 11.2 Å². The number of benzene rings is 1. The normalized spacial score (nSPS) is 12.9. The highest BCUT2D eigenvalue weighted by atomic mass is 16.1. The lowest BCUT2D eigenvalue weighted by molar-refractivity contribution is -0.116. The minimum Gasteiger partial charge on any atom is -0.352 e. The predicted molar refractivity (Wildman–Crippen MR) is 65.9 cm³/mol. The van der Waals surface area contributed by atoms with E-state index >= 15 is 0 Å². The van der Waals surface area contributed by atoms with Gasteiger partial charge in [-0.25, -0.2) is 0 Å². The molecule has 1 aliphatic carbocycles. The van der Waals surface area contributed by atoms with E-state index in [0.29, 0.717) is 6.54 Å². The Kier molecular flexibility index (Phi) is 3.20. The van der Waals surface area contributed by atoms with Crippen molar-refractivity contribution in [2.45, 2.75) is 12.8 Å². The van der Waals surface area contributed by atoms with E-state index in [4.69, 9.17) is 0 Å². The van der Waals surface area contributed by atoms with Crippen molar-refractivity contribution in [3.05, 3.63) is 54.1 Å². The van der Waals surface area contributed by atoms with Crippen molar-refractivity contribution in [2.75, 3.05) is 6.54 Å². The molecule has 1 aromatic rings. The van der Waals surface area contributed by atoms with Gasteiger partial charge in [-0.05, 0) is 35.6 Å². The largest absolute Gasteiger partial charge is 0.352 e. The van der Waals surface area contributed by atoms with Crippen molar-refractivity contribution < 1.29 is 4.79 Å². The molecule has 0 fully saturated rings. The zero-order chi connectivity index (χ0) is 11.4. The predicted octanol–water partition coefficient (Wildman–Crippen LogP) is 2.32. The van der Waals surface area contributed by atoms with Crippen LogP contribution in [0, 0.1) is 0 Å². The van der Waals surface area contributed by atoms with E-state index in [9.17, 15) is 4.79 Å². The third kappa shape index (κ3) is 2.22. The Morgan fingerprint density at radius 1 is 1.44 bits per heavy atom. The number of hydrogen-bond acceptors (Lipinski definition) is 1. The number of fused-ring (bicyclic) bond motifs is 1. The molecule has 2 heteroatoms. The molecule has 2 nitrogen and oxygen atoms in total. The topological polar surface area (TPSA) is 29.1 Å². The average Bonchev–Trinajstić information content (AvgIpc) is 2.73. The van der Waals surface area contributed by atoms with Gasteiger partial charge in [0.1, 0.15) is 0 Å². The molecular formula is C14H15NO. The Balaban J connectivity index is 1.93. The van der Waals surface area contributed by atoms with Gasteiger partial charge in [0.25, 0.3) is 0 Å². The van der Waals surface area contributed by atoms with Gasteiger partial charge >= 0.3 is 0 Å². The summed E-state index contributed by atoms with van der Waals surface area (Å²) in [5, 5.41) is 2.79. The van der Waals surface area contributed by atoms with Crippen molar-refractivity contribution in [2.24, 2.45) is 0 Å². The summed E-state index contributed by atoms with van der Waals surface area (Å²) in [5.41, 5.74) is 4.04. The monoisotopic (exact) mass is 213 g/mol. The number of carbonyl (C=O) groups excluding carboxylic acids is 1. The number of amides is 1. The lowest BCUT2D eigenvalue weighted by Crippen LogP contribution is -2.21. The fourth-order valence-electron chi connectivity index (χ4n) is 1.98. The summed E-state index contributed by atoms with van der Waals surface area (Å²) in [6.07, 6.45) is 5.44. The fraction of sp³-hybridized carbons (Fsp3) is 0.214. The third-order valence-corrected chi connectivity index (χ3v) is 2.81. The van der Waals surface area contributed by atoms with Gasteiger partial charge in [0.15, 0.2) is 0 Å². The van der Waals surface area contributed by atoms with E-state index in [0.717, 1.165) is 12.8 Å². The molecule has 0 unspecified atom stereocenters. The van der Waals surface area contributed by atoms with Gasteiger partial charge in [-0.2, -0.15) is 0 Å². The Bertz CT molecular complexity index is 446. The van der Waals surface area contributed by atoms with Crippen LogP contribution in [-0.4, -0.2) is 12.5 Å². The number of allylic oxidation sites excluding steroid dienone is 1. The highest BCUT2D eigenvalue weighted by Gasteiger charge is 2.12. The summed E-state index contributed by atoms with van der Waals surface area (Å²) in [5.74, 6) is -0.105. The van der Waals surface area contributed by atoms with Gasteiger partial charge < -0.3 is 5.32 Å². The first kappa shape index (κ1) is 10.7. The zero-order valence-corrected chi connectivity index (χ0v) is 9.20. The first-order valence-corrected chi connectivity index (χ1v) is 5.49. The zero-order valence-electron chi connectivity index (χ0n) is 9.20. The van der Waals surface area contributed by atoms with Gasteiger partial charge in [-0.3, -0.25) is 4.79 Å². The van der Waals surface area contributed by atoms with Gasteiger partial charge in [-0.1, -0.05) is 36.9 Å². The van der Waals surface area contributed by atoms with Crippen LogP contribution in [0.5, 0.6) is 0 Å². The third-order valence-electron chi connectivity index (χ3n) is 2.81. The van der Waals surface area contributed by atoms with E-state index in [2.05, 4.69) is 42.2 Å². The highest BCUT2D eigenvalue weighted by molar-refractivity contribution is 5.87. The highest BCUT2D eigenvalue weighted by Crippen LogP contribution is 2.28. The lowest BCUT2D eigenvalue weighted by Gasteiger charge is -2.06. The van der Waals surface area contributed by atoms with Crippen LogP contribution < -0.4 is 5.32 Å². The number of hydrogen-bond donors (Lipinski definition) is 1. The molecule has 0 radical (unpaired) electrons. The minimum absolute atomic E-state index is 0.105. The SMILES string of the molecule is C=CC(=O)NCCC1=CCc2ccccc21. The Morgan fingerprint density at radius 3 is 3.06 bits per heavy atom. The van der Waals surface area contributed by atoms with Crippen LogP contribution in [0.4, 0.5) is 0 Å². The van der Waals surface area contributed by atoms with Crippen LogP contribution >= 0.6 is 0 Å². The van der Waals surface area contributed by atoms with Crippen LogP contribution in [0.2, 0.25) is 0 Å². The van der Waals surface area contributed by atoms with E-state index < -0.39 is 0 Å². The standard InChI is InChI=1S/C14H15NO/c1-2-14(16)15-10-9-12-8-7-11-5-3-4-6-13(11)12/h2-6,8H,1,7,9-10H2,(H,15,16). The van der Waals surface area contributed by atoms with Crippen LogP contribution in [0.15, 0.2) is 43.0 Å². The van der Waals surface area contributed by atoms with Crippen LogP contribution in [0.3, 0.4) is 0 Å². The molecule has 1 amide bonds. The van der Waals surface area contributed by atoms with E-state index in [-0.39, 0.29) is 5.91 Å². The molecule has 1 aliphatic rings. The minimum atomic E-state index is -0.105. The molecule has 0 saturated heterocycles. The maximum absolute atomic E-state index is 11.0. The molecule has 0 bridgehead atoms. The molecule has 82 valence electrons. The molecule has 2 rings (SSSR count). The van der Waals surface area contributed by atoms with Crippen molar-refractivity contribution in [1.29, 1.82) is 0 Å². The molecule has 0 heterocycles. The van der Waals surface area contributed by atoms with Gasteiger partial charge in [0.2, 0.25) is 5.91 Å². The molecule has 1 aromatic carbocycles. The second-order valence-electron chi connectivity index (χ2n) is 3.84. The summed E-state index contributed by atoms with van der Waals surface area (Å²) in [7, 11) is 0. The second kappa shape index (κ2) is 4.79. The first-order valence-electron chi connectivity index (χ1n) is 5.49. The summed E-state index contributed by atoms with van der Waals surface area (Å²) >= 11 is 0. The van der Waals surface area contributed by atoms with E-state index in [1.165, 1.54) is 22.8 Å². The summed E-state index contributed by atoms with van der Waals surface area (Å²) < 4.78 is 0. The molecular weight excluding hydrogens is 198 g/mol. The van der Waals surface area contributed by atoms with Crippen LogP contribution in [0.25, 0.3) is 5.57 Å². The first-order chi connectivity index (χ1) is 7.81. The smallest absolute Gasteiger partial charge is 0.243 e. The lowest BCUT2D eigenvalue weighted by atomic mass is 10.0. The Morgan fingerprint density at radius 2 is 2.25 bits per heavy atom. The van der Waals surface area contributed by atoms with E-state index in [1.807, 2.05) is 0 Å². The summed E-state index contributed by atoms with van der Waals surface area (Å²) in [6.45, 7) is 4.09. The molecule has 0 spiro atoms. The van der Waals surface area contributed by atoms with E-state index in [1.54, 1.807) is 0 Å². The van der Waals surface area contributed by atoms with Gasteiger partial charge in [-0.15, -0.1) is 0 Å². The Hall–Kier alpha value is -1.83. The number of carbonyl (C=O) groups is 1. The molecule has 16 heavy (non-hydrogen) atoms. The maximum atomic E-state index is 11.0. The molecule has 0 aromatic heterocycles. The van der Waals surface area contributed by atoms with Crippen molar-refractivity contribution in [1.82, 2.24) is 5.32 Å². The average molecular weight is 213 g/mol. The molecule has 0 aliphatic heterocycles. The quantitative estimate of drug-likeness (QED) is 0.764.